The van der Waals surface area contributed by atoms with Crippen LogP contribution in [0.3, 0.4) is 0 Å². The lowest BCUT2D eigenvalue weighted by Gasteiger charge is -2.28. The summed E-state index contributed by atoms with van der Waals surface area (Å²) >= 11 is 0. The van der Waals surface area contributed by atoms with Crippen LogP contribution in [-0.2, 0) is 11.2 Å². The molecule has 2 aliphatic rings. The minimum Gasteiger partial charge on any atom is -0.493 e. The normalized spacial score (nSPS) is 23.9. The van der Waals surface area contributed by atoms with Crippen molar-refractivity contribution >= 4 is 5.78 Å². The van der Waals surface area contributed by atoms with Crippen LogP contribution in [0.1, 0.15) is 28.5 Å². The number of carbonyl (C=O) groups excluding carboxylic acids is 1. The number of Topliss-reactive ketones (excluding diaryl/α,β-unsaturated/α-hetero) is 1. The molecule has 4 rings (SSSR count). The van der Waals surface area contributed by atoms with E-state index in [-0.39, 0.29) is 11.8 Å². The van der Waals surface area contributed by atoms with Gasteiger partial charge in [-0.15, -0.1) is 0 Å². The van der Waals surface area contributed by atoms with Crippen LogP contribution >= 0.6 is 0 Å². The second-order valence-corrected chi connectivity index (χ2v) is 5.28. The van der Waals surface area contributed by atoms with Crippen molar-refractivity contribution in [2.24, 2.45) is 0 Å². The Hall–Kier alpha value is -2.09. The van der Waals surface area contributed by atoms with Crippen molar-refractivity contribution in [3.8, 4) is 5.75 Å². The van der Waals surface area contributed by atoms with Gasteiger partial charge in [-0.1, -0.05) is 42.5 Å². The first-order valence-electron chi connectivity index (χ1n) is 6.67. The molecule has 94 valence electrons. The van der Waals surface area contributed by atoms with E-state index in [0.717, 1.165) is 16.9 Å². The van der Waals surface area contributed by atoms with E-state index in [2.05, 4.69) is 18.2 Å². The van der Waals surface area contributed by atoms with Gasteiger partial charge >= 0.3 is 0 Å². The van der Waals surface area contributed by atoms with Crippen molar-refractivity contribution in [3.05, 3.63) is 65.2 Å². The van der Waals surface area contributed by atoms with Crippen molar-refractivity contribution in [1.82, 2.24) is 0 Å². The summed E-state index contributed by atoms with van der Waals surface area (Å²) in [7, 11) is 0. The minimum absolute atomic E-state index is 0.0441. The number of hydrogen-bond acceptors (Lipinski definition) is 2. The number of hydrogen-bond donors (Lipinski definition) is 0. The molecular formula is C17H14O2. The molecule has 2 nitrogen and oxygen atoms in total. The van der Waals surface area contributed by atoms with Crippen molar-refractivity contribution in [2.45, 2.75) is 18.3 Å². The van der Waals surface area contributed by atoms with Crippen LogP contribution in [0.2, 0.25) is 0 Å². The van der Waals surface area contributed by atoms with Gasteiger partial charge in [0.1, 0.15) is 11.5 Å². The molecule has 2 aromatic carbocycles. The van der Waals surface area contributed by atoms with E-state index in [0.29, 0.717) is 18.8 Å². The average Bonchev–Trinajstić information content (AvgIpc) is 2.86. The fraction of sp³-hybridized carbons (Fsp3) is 0.235. The van der Waals surface area contributed by atoms with Gasteiger partial charge in [0, 0.05) is 17.9 Å². The minimum atomic E-state index is -0.0441. The number of rotatable bonds is 1. The highest BCUT2D eigenvalue weighted by Gasteiger charge is 2.41. The molecule has 1 unspecified atom stereocenters. The van der Waals surface area contributed by atoms with E-state index in [4.69, 9.17) is 4.74 Å². The summed E-state index contributed by atoms with van der Waals surface area (Å²) in [6.45, 7) is 0.623. The summed E-state index contributed by atoms with van der Waals surface area (Å²) in [5.74, 6) is 1.43. The molecule has 0 aromatic heterocycles. The molecular weight excluding hydrogens is 236 g/mol. The fourth-order valence-corrected chi connectivity index (χ4v) is 3.42. The standard InChI is InChI=1S/C17H14O2/c18-14-9-12-7-4-8-15-17(12)13(10-19-15)16(14)11-5-2-1-3-6-11/h1-8,13,16H,9-10H2/t13?,16-/m1/s1. The van der Waals surface area contributed by atoms with Crippen LogP contribution in [0.25, 0.3) is 0 Å². The topological polar surface area (TPSA) is 26.3 Å². The smallest absolute Gasteiger partial charge is 0.145 e. The second kappa shape index (κ2) is 3.95. The Kier molecular flexibility index (Phi) is 2.25. The van der Waals surface area contributed by atoms with Crippen LogP contribution in [0.15, 0.2) is 48.5 Å². The number of ether oxygens (including phenoxy) is 1. The Morgan fingerprint density at radius 2 is 1.84 bits per heavy atom. The van der Waals surface area contributed by atoms with Crippen LogP contribution in [-0.4, -0.2) is 12.4 Å². The zero-order valence-electron chi connectivity index (χ0n) is 10.5. The Morgan fingerprint density at radius 1 is 1.00 bits per heavy atom. The molecule has 0 radical (unpaired) electrons. The third-order valence-corrected chi connectivity index (χ3v) is 4.22. The Bertz CT molecular complexity index is 646. The summed E-state index contributed by atoms with van der Waals surface area (Å²) in [6.07, 6.45) is 0.530. The van der Waals surface area contributed by atoms with Gasteiger partial charge in [0.15, 0.2) is 0 Å². The van der Waals surface area contributed by atoms with Gasteiger partial charge in [0.25, 0.3) is 0 Å². The summed E-state index contributed by atoms with van der Waals surface area (Å²) in [5.41, 5.74) is 3.52. The summed E-state index contributed by atoms with van der Waals surface area (Å²) in [4.78, 5) is 12.5. The van der Waals surface area contributed by atoms with Crippen molar-refractivity contribution in [3.63, 3.8) is 0 Å². The number of carbonyl (C=O) groups is 1. The van der Waals surface area contributed by atoms with E-state index >= 15 is 0 Å². The first kappa shape index (κ1) is 10.8. The third-order valence-electron chi connectivity index (χ3n) is 4.22. The largest absolute Gasteiger partial charge is 0.493 e. The van der Waals surface area contributed by atoms with E-state index in [1.54, 1.807) is 0 Å². The lowest BCUT2D eigenvalue weighted by atomic mass is 9.72. The lowest BCUT2D eigenvalue weighted by Crippen LogP contribution is -2.28. The molecule has 0 fully saturated rings. The first-order valence-corrected chi connectivity index (χ1v) is 6.67. The van der Waals surface area contributed by atoms with Crippen LogP contribution in [0.5, 0.6) is 5.75 Å². The zero-order valence-corrected chi connectivity index (χ0v) is 10.5. The number of ketones is 1. The molecule has 1 heterocycles. The Balaban J connectivity index is 1.86. The highest BCUT2D eigenvalue weighted by atomic mass is 16.5. The molecule has 0 spiro atoms. The molecule has 0 N–H and O–H groups in total. The van der Waals surface area contributed by atoms with Gasteiger partial charge in [0.05, 0.1) is 12.5 Å². The van der Waals surface area contributed by atoms with Crippen molar-refractivity contribution in [2.75, 3.05) is 6.61 Å². The van der Waals surface area contributed by atoms with Gasteiger partial charge < -0.3 is 4.74 Å². The molecule has 2 aromatic rings. The zero-order chi connectivity index (χ0) is 12.8. The maximum atomic E-state index is 12.5. The predicted molar refractivity (Wildman–Crippen MR) is 72.6 cm³/mol. The van der Waals surface area contributed by atoms with Crippen LogP contribution in [0, 0.1) is 0 Å². The van der Waals surface area contributed by atoms with E-state index in [1.165, 1.54) is 5.56 Å². The summed E-state index contributed by atoms with van der Waals surface area (Å²) in [6, 6.07) is 16.1. The molecule has 1 aliphatic heterocycles. The number of benzene rings is 2. The molecule has 1 aliphatic carbocycles. The van der Waals surface area contributed by atoms with Crippen LogP contribution < -0.4 is 4.74 Å². The molecule has 0 saturated carbocycles. The monoisotopic (exact) mass is 250 g/mol. The second-order valence-electron chi connectivity index (χ2n) is 5.28. The SMILES string of the molecule is O=C1Cc2cccc3c2C(CO3)[C@H]1c1ccccc1. The average molecular weight is 250 g/mol. The predicted octanol–water partition coefficient (Wildman–Crippen LogP) is 3.07. The van der Waals surface area contributed by atoms with Gasteiger partial charge in [0.2, 0.25) is 0 Å². The van der Waals surface area contributed by atoms with Gasteiger partial charge in [-0.25, -0.2) is 0 Å². The maximum absolute atomic E-state index is 12.5. The van der Waals surface area contributed by atoms with E-state index in [9.17, 15) is 4.79 Å². The molecule has 2 heteroatoms. The van der Waals surface area contributed by atoms with Crippen molar-refractivity contribution < 1.29 is 9.53 Å². The highest BCUT2D eigenvalue weighted by molar-refractivity contribution is 5.91. The lowest BCUT2D eigenvalue weighted by molar-refractivity contribution is -0.120. The van der Waals surface area contributed by atoms with Gasteiger partial charge in [-0.2, -0.15) is 0 Å². The summed E-state index contributed by atoms with van der Waals surface area (Å²) in [5, 5.41) is 0. The molecule has 0 saturated heterocycles. The fourth-order valence-electron chi connectivity index (χ4n) is 3.42. The molecule has 19 heavy (non-hydrogen) atoms. The maximum Gasteiger partial charge on any atom is 0.145 e. The first-order chi connectivity index (χ1) is 9.34. The van der Waals surface area contributed by atoms with Gasteiger partial charge in [-0.05, 0) is 17.2 Å². The third kappa shape index (κ3) is 1.53. The Labute approximate surface area is 112 Å². The molecule has 0 bridgehead atoms. The molecule has 2 atom stereocenters. The van der Waals surface area contributed by atoms with E-state index in [1.807, 2.05) is 30.3 Å². The summed E-state index contributed by atoms with van der Waals surface area (Å²) < 4.78 is 5.77. The Morgan fingerprint density at radius 3 is 2.68 bits per heavy atom. The van der Waals surface area contributed by atoms with Gasteiger partial charge in [-0.3, -0.25) is 4.79 Å². The highest BCUT2D eigenvalue weighted by Crippen LogP contribution is 2.48. The quantitative estimate of drug-likeness (QED) is 0.777. The molecule has 0 amide bonds. The van der Waals surface area contributed by atoms with E-state index < -0.39 is 0 Å². The van der Waals surface area contributed by atoms with Crippen molar-refractivity contribution in [1.29, 1.82) is 0 Å². The van der Waals surface area contributed by atoms with Crippen LogP contribution in [0.4, 0.5) is 0 Å².